The van der Waals surface area contributed by atoms with Gasteiger partial charge >= 0.3 is 5.97 Å². The van der Waals surface area contributed by atoms with Crippen molar-refractivity contribution in [2.45, 2.75) is 19.8 Å². The van der Waals surface area contributed by atoms with Gasteiger partial charge in [0.05, 0.1) is 0 Å². The van der Waals surface area contributed by atoms with E-state index in [1.165, 1.54) is 0 Å². The van der Waals surface area contributed by atoms with E-state index in [4.69, 9.17) is 5.11 Å². The fourth-order valence-electron chi connectivity index (χ4n) is 1.02. The lowest BCUT2D eigenvalue weighted by atomic mass is 10.2. The van der Waals surface area contributed by atoms with E-state index in [2.05, 4.69) is 4.74 Å². The van der Waals surface area contributed by atoms with Gasteiger partial charge in [-0.15, -0.1) is 0 Å². The van der Waals surface area contributed by atoms with E-state index in [1.54, 1.807) is 6.92 Å². The van der Waals surface area contributed by atoms with Crippen molar-refractivity contribution < 1.29 is 27.8 Å². The third-order valence-corrected chi connectivity index (χ3v) is 1.78. The molecule has 0 aliphatic rings. The van der Waals surface area contributed by atoms with E-state index in [0.29, 0.717) is 12.5 Å². The molecule has 0 saturated carbocycles. The van der Waals surface area contributed by atoms with Gasteiger partial charge in [-0.25, -0.2) is 8.78 Å². The van der Waals surface area contributed by atoms with Crippen LogP contribution in [0.15, 0.2) is 6.07 Å². The second-order valence-electron chi connectivity index (χ2n) is 3.06. The highest BCUT2D eigenvalue weighted by Crippen LogP contribution is 2.32. The van der Waals surface area contributed by atoms with Gasteiger partial charge in [-0.05, 0) is 6.42 Å². The van der Waals surface area contributed by atoms with Gasteiger partial charge in [-0.3, -0.25) is 4.79 Å². The van der Waals surface area contributed by atoms with E-state index in [9.17, 15) is 18.0 Å². The molecule has 0 aromatic heterocycles. The van der Waals surface area contributed by atoms with Gasteiger partial charge in [0.25, 0.3) is 0 Å². The molecule has 0 aliphatic heterocycles. The van der Waals surface area contributed by atoms with Crippen molar-refractivity contribution in [3.63, 3.8) is 0 Å². The number of ether oxygens (including phenoxy) is 1. The molecule has 0 saturated heterocycles. The molecule has 1 aromatic rings. The molecular weight excluding hydrogens is 225 g/mol. The third kappa shape index (κ3) is 2.44. The van der Waals surface area contributed by atoms with Crippen LogP contribution in [0.5, 0.6) is 11.5 Å². The number of benzene rings is 1. The Hall–Kier alpha value is -1.72. The Labute approximate surface area is 89.5 Å². The van der Waals surface area contributed by atoms with Crippen LogP contribution < -0.4 is 4.74 Å². The molecule has 0 heterocycles. The van der Waals surface area contributed by atoms with Crippen molar-refractivity contribution in [1.29, 1.82) is 0 Å². The summed E-state index contributed by atoms with van der Waals surface area (Å²) >= 11 is 0. The van der Waals surface area contributed by atoms with Crippen molar-refractivity contribution in [2.24, 2.45) is 0 Å². The SMILES string of the molecule is CCCC(=O)Oc1cc(F)c(F)c(F)c1O. The second-order valence-corrected chi connectivity index (χ2v) is 3.06. The van der Waals surface area contributed by atoms with Crippen LogP contribution in [0.25, 0.3) is 0 Å². The number of esters is 1. The molecule has 1 N–H and O–H groups in total. The Morgan fingerprint density at radius 2 is 2.00 bits per heavy atom. The lowest BCUT2D eigenvalue weighted by Crippen LogP contribution is -2.08. The molecular formula is C10H9F3O3. The summed E-state index contributed by atoms with van der Waals surface area (Å²) in [4.78, 5) is 11.0. The highest BCUT2D eigenvalue weighted by Gasteiger charge is 2.20. The van der Waals surface area contributed by atoms with Crippen LogP contribution in [0.4, 0.5) is 13.2 Å². The van der Waals surface area contributed by atoms with Crippen LogP contribution in [0.3, 0.4) is 0 Å². The molecule has 0 bridgehead atoms. The molecule has 1 aromatic carbocycles. The molecule has 0 aliphatic carbocycles. The maximum Gasteiger partial charge on any atom is 0.311 e. The molecule has 0 fully saturated rings. The van der Waals surface area contributed by atoms with Crippen LogP contribution in [0, 0.1) is 17.5 Å². The minimum absolute atomic E-state index is 0.0278. The summed E-state index contributed by atoms with van der Waals surface area (Å²) in [7, 11) is 0. The second kappa shape index (κ2) is 4.87. The van der Waals surface area contributed by atoms with E-state index in [-0.39, 0.29) is 6.42 Å². The normalized spacial score (nSPS) is 10.2. The van der Waals surface area contributed by atoms with Crippen LogP contribution in [0.2, 0.25) is 0 Å². The summed E-state index contributed by atoms with van der Waals surface area (Å²) in [5.41, 5.74) is 0. The van der Waals surface area contributed by atoms with Crippen molar-refractivity contribution in [3.05, 3.63) is 23.5 Å². The summed E-state index contributed by atoms with van der Waals surface area (Å²) in [6, 6.07) is 0.418. The molecule has 3 nitrogen and oxygen atoms in total. The number of aromatic hydroxyl groups is 1. The molecule has 0 spiro atoms. The summed E-state index contributed by atoms with van der Waals surface area (Å²) in [6.07, 6.45) is 0.506. The Morgan fingerprint density at radius 1 is 1.38 bits per heavy atom. The monoisotopic (exact) mass is 234 g/mol. The fraction of sp³-hybridized carbons (Fsp3) is 0.300. The highest BCUT2D eigenvalue weighted by atomic mass is 19.2. The average molecular weight is 234 g/mol. The van der Waals surface area contributed by atoms with Gasteiger partial charge in [0, 0.05) is 12.5 Å². The zero-order chi connectivity index (χ0) is 12.3. The summed E-state index contributed by atoms with van der Waals surface area (Å²) in [5.74, 6) is -7.83. The van der Waals surface area contributed by atoms with Gasteiger partial charge in [0.1, 0.15) is 0 Å². The number of rotatable bonds is 3. The fourth-order valence-corrected chi connectivity index (χ4v) is 1.02. The Kier molecular flexibility index (Phi) is 3.76. The number of carbonyl (C=O) groups is 1. The predicted molar refractivity (Wildman–Crippen MR) is 48.5 cm³/mol. The first-order valence-corrected chi connectivity index (χ1v) is 4.54. The lowest BCUT2D eigenvalue weighted by Gasteiger charge is -2.07. The van der Waals surface area contributed by atoms with Gasteiger partial charge < -0.3 is 9.84 Å². The van der Waals surface area contributed by atoms with Crippen molar-refractivity contribution >= 4 is 5.97 Å². The maximum atomic E-state index is 12.8. The molecule has 16 heavy (non-hydrogen) atoms. The van der Waals surface area contributed by atoms with Crippen molar-refractivity contribution in [2.75, 3.05) is 0 Å². The lowest BCUT2D eigenvalue weighted by molar-refractivity contribution is -0.134. The van der Waals surface area contributed by atoms with E-state index in [1.807, 2.05) is 0 Å². The van der Waals surface area contributed by atoms with Gasteiger partial charge in [-0.1, -0.05) is 6.92 Å². The number of halogens is 3. The molecule has 0 unspecified atom stereocenters. The topological polar surface area (TPSA) is 46.5 Å². The first-order chi connectivity index (χ1) is 7.47. The number of hydrogen-bond acceptors (Lipinski definition) is 3. The average Bonchev–Trinajstić information content (AvgIpc) is 2.23. The number of phenols is 1. The number of carbonyl (C=O) groups excluding carboxylic acids is 1. The van der Waals surface area contributed by atoms with Gasteiger partial charge in [-0.2, -0.15) is 4.39 Å². The largest absolute Gasteiger partial charge is 0.502 e. The summed E-state index contributed by atoms with van der Waals surface area (Å²) < 4.78 is 42.6. The minimum Gasteiger partial charge on any atom is -0.502 e. The highest BCUT2D eigenvalue weighted by molar-refractivity contribution is 5.73. The summed E-state index contributed by atoms with van der Waals surface area (Å²) in [5, 5.41) is 9.06. The molecule has 0 atom stereocenters. The maximum absolute atomic E-state index is 12.8. The van der Waals surface area contributed by atoms with Crippen molar-refractivity contribution in [3.8, 4) is 11.5 Å². The van der Waals surface area contributed by atoms with E-state index < -0.39 is 34.9 Å². The minimum atomic E-state index is -1.81. The number of hydrogen-bond donors (Lipinski definition) is 1. The van der Waals surface area contributed by atoms with E-state index in [0.717, 1.165) is 0 Å². The van der Waals surface area contributed by atoms with Crippen LogP contribution in [-0.2, 0) is 4.79 Å². The van der Waals surface area contributed by atoms with Crippen molar-refractivity contribution in [1.82, 2.24) is 0 Å². The molecule has 1 rings (SSSR count). The Morgan fingerprint density at radius 3 is 2.56 bits per heavy atom. The smallest absolute Gasteiger partial charge is 0.311 e. The Bertz CT molecular complexity index is 418. The Balaban J connectivity index is 3.02. The summed E-state index contributed by atoms with van der Waals surface area (Å²) in [6.45, 7) is 1.70. The van der Waals surface area contributed by atoms with Crippen LogP contribution in [0.1, 0.15) is 19.8 Å². The van der Waals surface area contributed by atoms with E-state index >= 15 is 0 Å². The van der Waals surface area contributed by atoms with Crippen LogP contribution in [-0.4, -0.2) is 11.1 Å². The molecule has 88 valence electrons. The quantitative estimate of drug-likeness (QED) is 0.496. The van der Waals surface area contributed by atoms with Gasteiger partial charge in [0.15, 0.2) is 23.1 Å². The first-order valence-electron chi connectivity index (χ1n) is 4.54. The third-order valence-electron chi connectivity index (χ3n) is 1.78. The van der Waals surface area contributed by atoms with Crippen LogP contribution >= 0.6 is 0 Å². The molecule has 0 radical (unpaired) electrons. The standard InChI is InChI=1S/C10H9F3O3/c1-2-3-7(14)16-6-4-5(11)8(12)9(13)10(6)15/h4,15H,2-3H2,1H3. The van der Waals surface area contributed by atoms with Gasteiger partial charge in [0.2, 0.25) is 5.82 Å². The number of phenolic OH excluding ortho intramolecular Hbond substituents is 1. The molecule has 6 heteroatoms. The molecule has 0 amide bonds. The first kappa shape index (κ1) is 12.4. The predicted octanol–water partition coefficient (Wildman–Crippen LogP) is 2.52. The zero-order valence-electron chi connectivity index (χ0n) is 8.39. The zero-order valence-corrected chi connectivity index (χ0v) is 8.39.